The summed E-state index contributed by atoms with van der Waals surface area (Å²) in [5.74, 6) is 1.54. The zero-order valence-corrected chi connectivity index (χ0v) is 9.97. The Labute approximate surface area is 104 Å². The maximum Gasteiger partial charge on any atom is 0.137 e. The molecule has 4 nitrogen and oxygen atoms in total. The van der Waals surface area contributed by atoms with Crippen LogP contribution in [0.4, 0.5) is 4.39 Å². The molecule has 1 aromatic heterocycles. The maximum absolute atomic E-state index is 13.6. The third-order valence-electron chi connectivity index (χ3n) is 3.14. The number of nitrogens with zero attached hydrogens (tertiary/aromatic N) is 3. The highest BCUT2D eigenvalue weighted by atomic mass is 19.1. The Kier molecular flexibility index (Phi) is 3.06. The molecule has 0 N–H and O–H groups in total. The average Bonchev–Trinajstić information content (AvgIpc) is 2.62. The van der Waals surface area contributed by atoms with E-state index in [0.717, 1.165) is 24.6 Å². The Hall–Kier alpha value is -1.75. The molecule has 0 radical (unpaired) electrons. The molecule has 1 aliphatic rings. The van der Waals surface area contributed by atoms with Crippen molar-refractivity contribution in [3.05, 3.63) is 47.3 Å². The Morgan fingerprint density at radius 1 is 1.22 bits per heavy atom. The van der Waals surface area contributed by atoms with Crippen LogP contribution >= 0.6 is 0 Å². The lowest BCUT2D eigenvalue weighted by Gasteiger charge is -2.06. The van der Waals surface area contributed by atoms with Crippen LogP contribution in [-0.2, 0) is 24.1 Å². The van der Waals surface area contributed by atoms with Crippen LogP contribution in [0.1, 0.15) is 17.2 Å². The van der Waals surface area contributed by atoms with E-state index in [1.807, 2.05) is 10.6 Å². The molecule has 0 saturated carbocycles. The van der Waals surface area contributed by atoms with E-state index in [4.69, 9.17) is 4.74 Å². The zero-order chi connectivity index (χ0) is 12.4. The molecule has 0 fully saturated rings. The SMILES string of the molecule is Fc1ccccc1Cc1nnc2n1CCOCC2. The molecule has 1 aliphatic heterocycles. The first-order chi connectivity index (χ1) is 8.84. The molecular formula is C13H14FN3O. The minimum atomic E-state index is -0.195. The van der Waals surface area contributed by atoms with Crippen LogP contribution in [0.15, 0.2) is 24.3 Å². The van der Waals surface area contributed by atoms with Gasteiger partial charge in [0.05, 0.1) is 13.2 Å². The molecule has 0 atom stereocenters. The number of benzene rings is 1. The predicted octanol–water partition coefficient (Wildman–Crippen LogP) is 1.58. The number of fused-ring (bicyclic) bond motifs is 1. The second-order valence-corrected chi connectivity index (χ2v) is 4.31. The summed E-state index contributed by atoms with van der Waals surface area (Å²) in [5.41, 5.74) is 0.651. The first kappa shape index (κ1) is 11.3. The second-order valence-electron chi connectivity index (χ2n) is 4.31. The fourth-order valence-electron chi connectivity index (χ4n) is 2.18. The minimum absolute atomic E-state index is 0.195. The van der Waals surface area contributed by atoms with Crippen LogP contribution in [0.25, 0.3) is 0 Å². The van der Waals surface area contributed by atoms with Crippen molar-refractivity contribution in [1.29, 1.82) is 0 Å². The predicted molar refractivity (Wildman–Crippen MR) is 63.8 cm³/mol. The Bertz CT molecular complexity index is 553. The molecule has 18 heavy (non-hydrogen) atoms. The van der Waals surface area contributed by atoms with Crippen LogP contribution < -0.4 is 0 Å². The van der Waals surface area contributed by atoms with Crippen molar-refractivity contribution in [2.24, 2.45) is 0 Å². The quantitative estimate of drug-likeness (QED) is 0.809. The van der Waals surface area contributed by atoms with Crippen LogP contribution in [-0.4, -0.2) is 28.0 Å². The van der Waals surface area contributed by atoms with Crippen molar-refractivity contribution in [3.8, 4) is 0 Å². The van der Waals surface area contributed by atoms with Gasteiger partial charge in [-0.1, -0.05) is 18.2 Å². The van der Waals surface area contributed by atoms with E-state index in [1.165, 1.54) is 6.07 Å². The van der Waals surface area contributed by atoms with Crippen molar-refractivity contribution in [2.45, 2.75) is 19.4 Å². The molecule has 0 unspecified atom stereocenters. The van der Waals surface area contributed by atoms with Gasteiger partial charge in [0, 0.05) is 19.4 Å². The van der Waals surface area contributed by atoms with Gasteiger partial charge >= 0.3 is 0 Å². The topological polar surface area (TPSA) is 39.9 Å². The Balaban J connectivity index is 1.89. The van der Waals surface area contributed by atoms with Crippen molar-refractivity contribution in [2.75, 3.05) is 13.2 Å². The van der Waals surface area contributed by atoms with E-state index < -0.39 is 0 Å². The number of halogens is 1. The molecule has 0 aliphatic carbocycles. The molecule has 5 heteroatoms. The van der Waals surface area contributed by atoms with E-state index in [0.29, 0.717) is 25.2 Å². The summed E-state index contributed by atoms with van der Waals surface area (Å²) in [6, 6.07) is 6.78. The normalized spacial score (nSPS) is 15.2. The molecule has 0 spiro atoms. The van der Waals surface area contributed by atoms with Gasteiger partial charge in [-0.3, -0.25) is 0 Å². The summed E-state index contributed by atoms with van der Waals surface area (Å²) in [4.78, 5) is 0. The van der Waals surface area contributed by atoms with E-state index in [1.54, 1.807) is 12.1 Å². The number of hydrogen-bond donors (Lipinski definition) is 0. The van der Waals surface area contributed by atoms with Gasteiger partial charge in [-0.15, -0.1) is 10.2 Å². The van der Waals surface area contributed by atoms with Crippen molar-refractivity contribution >= 4 is 0 Å². The smallest absolute Gasteiger partial charge is 0.137 e. The highest BCUT2D eigenvalue weighted by Crippen LogP contribution is 2.14. The third-order valence-corrected chi connectivity index (χ3v) is 3.14. The molecule has 94 valence electrons. The molecular weight excluding hydrogens is 233 g/mol. The summed E-state index contributed by atoms with van der Waals surface area (Å²) in [6.07, 6.45) is 1.24. The monoisotopic (exact) mass is 247 g/mol. The average molecular weight is 247 g/mol. The van der Waals surface area contributed by atoms with Gasteiger partial charge in [0.25, 0.3) is 0 Å². The highest BCUT2D eigenvalue weighted by Gasteiger charge is 2.15. The summed E-state index contributed by atoms with van der Waals surface area (Å²) in [7, 11) is 0. The molecule has 0 bridgehead atoms. The maximum atomic E-state index is 13.6. The molecule has 0 saturated heterocycles. The lowest BCUT2D eigenvalue weighted by Crippen LogP contribution is -2.09. The van der Waals surface area contributed by atoms with Crippen LogP contribution in [0, 0.1) is 5.82 Å². The summed E-state index contributed by atoms with van der Waals surface area (Å²) >= 11 is 0. The van der Waals surface area contributed by atoms with E-state index in [2.05, 4.69) is 10.2 Å². The fourth-order valence-corrected chi connectivity index (χ4v) is 2.18. The summed E-state index contributed by atoms with van der Waals surface area (Å²) < 4.78 is 21.1. The van der Waals surface area contributed by atoms with Gasteiger partial charge in [0.2, 0.25) is 0 Å². The number of rotatable bonds is 2. The highest BCUT2D eigenvalue weighted by molar-refractivity contribution is 5.21. The molecule has 2 heterocycles. The zero-order valence-electron chi connectivity index (χ0n) is 9.97. The lowest BCUT2D eigenvalue weighted by molar-refractivity contribution is 0.139. The Morgan fingerprint density at radius 3 is 3.00 bits per heavy atom. The summed E-state index contributed by atoms with van der Waals surface area (Å²) in [5, 5.41) is 8.32. The minimum Gasteiger partial charge on any atom is -0.379 e. The van der Waals surface area contributed by atoms with E-state index in [9.17, 15) is 4.39 Å². The number of aromatic nitrogens is 3. The lowest BCUT2D eigenvalue weighted by atomic mass is 10.1. The van der Waals surface area contributed by atoms with E-state index >= 15 is 0 Å². The van der Waals surface area contributed by atoms with Gasteiger partial charge in [0.1, 0.15) is 17.5 Å². The van der Waals surface area contributed by atoms with Gasteiger partial charge in [-0.05, 0) is 11.6 Å². The van der Waals surface area contributed by atoms with E-state index in [-0.39, 0.29) is 5.82 Å². The third kappa shape index (κ3) is 2.13. The van der Waals surface area contributed by atoms with Crippen LogP contribution in [0.2, 0.25) is 0 Å². The van der Waals surface area contributed by atoms with Crippen molar-refractivity contribution < 1.29 is 9.13 Å². The number of hydrogen-bond acceptors (Lipinski definition) is 3. The molecule has 0 amide bonds. The first-order valence-corrected chi connectivity index (χ1v) is 6.06. The molecule has 2 aromatic rings. The van der Waals surface area contributed by atoms with Gasteiger partial charge in [0.15, 0.2) is 0 Å². The Morgan fingerprint density at radius 2 is 2.11 bits per heavy atom. The molecule has 3 rings (SSSR count). The van der Waals surface area contributed by atoms with Gasteiger partial charge in [-0.25, -0.2) is 4.39 Å². The van der Waals surface area contributed by atoms with Gasteiger partial charge in [-0.2, -0.15) is 0 Å². The summed E-state index contributed by atoms with van der Waals surface area (Å²) in [6.45, 7) is 2.08. The standard InChI is InChI=1S/C13H14FN3O/c14-11-4-2-1-3-10(11)9-13-16-15-12-5-7-18-8-6-17(12)13/h1-4H,5-9H2. The van der Waals surface area contributed by atoms with Crippen molar-refractivity contribution in [1.82, 2.24) is 14.8 Å². The van der Waals surface area contributed by atoms with Crippen molar-refractivity contribution in [3.63, 3.8) is 0 Å². The fraction of sp³-hybridized carbons (Fsp3) is 0.385. The van der Waals surface area contributed by atoms with Gasteiger partial charge < -0.3 is 9.30 Å². The second kappa shape index (κ2) is 4.86. The molecule has 1 aromatic carbocycles. The first-order valence-electron chi connectivity index (χ1n) is 6.06. The largest absolute Gasteiger partial charge is 0.379 e. The van der Waals surface area contributed by atoms with Crippen LogP contribution in [0.3, 0.4) is 0 Å². The number of ether oxygens (including phenoxy) is 1. The van der Waals surface area contributed by atoms with Crippen LogP contribution in [0.5, 0.6) is 0 Å².